The van der Waals surface area contributed by atoms with Crippen LogP contribution in [-0.4, -0.2) is 28.3 Å². The normalized spacial score (nSPS) is 12.4. The van der Waals surface area contributed by atoms with E-state index in [2.05, 4.69) is 5.32 Å². The predicted molar refractivity (Wildman–Crippen MR) is 119 cm³/mol. The van der Waals surface area contributed by atoms with Gasteiger partial charge in [0, 0.05) is 22.7 Å². The SMILES string of the molecule is CCC(C(=O)NC(C)(C)C)N(Cc1cccc(C)c1)C(=O)Cc1c(F)cccc1Cl. The molecule has 1 unspecified atom stereocenters. The Morgan fingerprint density at radius 3 is 2.40 bits per heavy atom. The third-order valence-corrected chi connectivity index (χ3v) is 5.06. The number of nitrogens with one attached hydrogen (secondary N) is 1. The maximum Gasteiger partial charge on any atom is 0.243 e. The summed E-state index contributed by atoms with van der Waals surface area (Å²) in [7, 11) is 0. The molecule has 0 heterocycles. The van der Waals surface area contributed by atoms with E-state index in [1.807, 2.05) is 58.9 Å². The highest BCUT2D eigenvalue weighted by molar-refractivity contribution is 6.31. The Hall–Kier alpha value is -2.40. The van der Waals surface area contributed by atoms with Crippen LogP contribution in [0.3, 0.4) is 0 Å². The number of amides is 2. The molecule has 162 valence electrons. The van der Waals surface area contributed by atoms with Gasteiger partial charge in [-0.15, -0.1) is 0 Å². The maximum atomic E-state index is 14.3. The molecule has 4 nitrogen and oxygen atoms in total. The third kappa shape index (κ3) is 6.56. The lowest BCUT2D eigenvalue weighted by Gasteiger charge is -2.33. The van der Waals surface area contributed by atoms with Crippen LogP contribution in [0.2, 0.25) is 5.02 Å². The maximum absolute atomic E-state index is 14.3. The van der Waals surface area contributed by atoms with Gasteiger partial charge in [-0.1, -0.05) is 54.4 Å². The lowest BCUT2D eigenvalue weighted by molar-refractivity contribution is -0.141. The van der Waals surface area contributed by atoms with Crippen LogP contribution in [0.4, 0.5) is 4.39 Å². The highest BCUT2D eigenvalue weighted by atomic mass is 35.5. The van der Waals surface area contributed by atoms with Crippen LogP contribution in [-0.2, 0) is 22.6 Å². The van der Waals surface area contributed by atoms with Gasteiger partial charge in [0.25, 0.3) is 0 Å². The van der Waals surface area contributed by atoms with Crippen molar-refractivity contribution in [3.63, 3.8) is 0 Å². The molecule has 0 aromatic heterocycles. The summed E-state index contributed by atoms with van der Waals surface area (Å²) in [5, 5.41) is 3.16. The van der Waals surface area contributed by atoms with Gasteiger partial charge < -0.3 is 10.2 Å². The molecular weight excluding hydrogens is 403 g/mol. The Kier molecular flexibility index (Phi) is 8.02. The van der Waals surface area contributed by atoms with Crippen molar-refractivity contribution in [2.45, 2.75) is 65.6 Å². The molecule has 2 aromatic carbocycles. The smallest absolute Gasteiger partial charge is 0.243 e. The van der Waals surface area contributed by atoms with Gasteiger partial charge >= 0.3 is 0 Å². The Labute approximate surface area is 183 Å². The zero-order chi connectivity index (χ0) is 22.5. The number of benzene rings is 2. The first kappa shape index (κ1) is 23.9. The van der Waals surface area contributed by atoms with Gasteiger partial charge in [0.2, 0.25) is 11.8 Å². The third-order valence-electron chi connectivity index (χ3n) is 4.71. The minimum Gasteiger partial charge on any atom is -0.350 e. The number of rotatable bonds is 7. The van der Waals surface area contributed by atoms with E-state index >= 15 is 0 Å². The van der Waals surface area contributed by atoms with E-state index in [0.29, 0.717) is 6.42 Å². The minimum atomic E-state index is -0.678. The summed E-state index contributed by atoms with van der Waals surface area (Å²) < 4.78 is 14.3. The van der Waals surface area contributed by atoms with Gasteiger partial charge in [0.15, 0.2) is 0 Å². The first-order valence-electron chi connectivity index (χ1n) is 10.1. The van der Waals surface area contributed by atoms with Crippen molar-refractivity contribution in [2.24, 2.45) is 0 Å². The molecule has 0 saturated carbocycles. The second kappa shape index (κ2) is 10.1. The second-order valence-electron chi connectivity index (χ2n) is 8.55. The van der Waals surface area contributed by atoms with Gasteiger partial charge in [-0.05, 0) is 51.8 Å². The summed E-state index contributed by atoms with van der Waals surface area (Å²) in [4.78, 5) is 27.8. The van der Waals surface area contributed by atoms with Crippen molar-refractivity contribution in [1.82, 2.24) is 10.2 Å². The lowest BCUT2D eigenvalue weighted by Crippen LogP contribution is -2.53. The first-order valence-corrected chi connectivity index (χ1v) is 10.5. The van der Waals surface area contributed by atoms with Crippen molar-refractivity contribution < 1.29 is 14.0 Å². The molecule has 2 amide bonds. The second-order valence-corrected chi connectivity index (χ2v) is 8.96. The average molecular weight is 433 g/mol. The van der Waals surface area contributed by atoms with Gasteiger partial charge in [-0.2, -0.15) is 0 Å². The number of aryl methyl sites for hydroxylation is 1. The highest BCUT2D eigenvalue weighted by Crippen LogP contribution is 2.22. The molecule has 2 rings (SSSR count). The number of nitrogens with zero attached hydrogens (tertiary/aromatic N) is 1. The van der Waals surface area contributed by atoms with Crippen molar-refractivity contribution in [2.75, 3.05) is 0 Å². The zero-order valence-corrected chi connectivity index (χ0v) is 19.0. The summed E-state index contributed by atoms with van der Waals surface area (Å²) in [6, 6.07) is 11.4. The monoisotopic (exact) mass is 432 g/mol. The number of hydrogen-bond acceptors (Lipinski definition) is 2. The Morgan fingerprint density at radius 1 is 1.17 bits per heavy atom. The van der Waals surface area contributed by atoms with Crippen molar-refractivity contribution in [1.29, 1.82) is 0 Å². The van der Waals surface area contributed by atoms with E-state index < -0.39 is 17.4 Å². The molecule has 30 heavy (non-hydrogen) atoms. The number of carbonyl (C=O) groups excluding carboxylic acids is 2. The number of hydrogen-bond donors (Lipinski definition) is 1. The van der Waals surface area contributed by atoms with Crippen LogP contribution in [0.15, 0.2) is 42.5 Å². The van der Waals surface area contributed by atoms with Gasteiger partial charge in [-0.3, -0.25) is 9.59 Å². The fourth-order valence-electron chi connectivity index (χ4n) is 3.33. The standard InChI is InChI=1S/C24H30ClFN2O2/c1-6-21(23(30)27-24(3,4)5)28(15-17-10-7-9-16(2)13-17)22(29)14-18-19(25)11-8-12-20(18)26/h7-13,21H,6,14-15H2,1-5H3,(H,27,30). The van der Waals surface area contributed by atoms with Crippen molar-refractivity contribution in [3.8, 4) is 0 Å². The summed E-state index contributed by atoms with van der Waals surface area (Å²) in [6.07, 6.45) is 0.223. The van der Waals surface area contributed by atoms with E-state index in [0.717, 1.165) is 11.1 Å². The summed E-state index contributed by atoms with van der Waals surface area (Å²) in [5.41, 5.74) is 1.68. The Bertz CT molecular complexity index is 888. The average Bonchev–Trinajstić information content (AvgIpc) is 2.63. The highest BCUT2D eigenvalue weighted by Gasteiger charge is 2.31. The van der Waals surface area contributed by atoms with Gasteiger partial charge in [0.1, 0.15) is 11.9 Å². The molecule has 2 aromatic rings. The molecule has 0 radical (unpaired) electrons. The molecule has 1 atom stereocenters. The predicted octanol–water partition coefficient (Wildman–Crippen LogP) is 5.05. The molecule has 1 N–H and O–H groups in total. The molecule has 6 heteroatoms. The van der Waals surface area contributed by atoms with Crippen LogP contribution in [0, 0.1) is 12.7 Å². The fraction of sp³-hybridized carbons (Fsp3) is 0.417. The van der Waals surface area contributed by atoms with E-state index in [-0.39, 0.29) is 35.4 Å². The molecular formula is C24H30ClFN2O2. The van der Waals surface area contributed by atoms with Crippen LogP contribution in [0.25, 0.3) is 0 Å². The Morgan fingerprint density at radius 2 is 1.83 bits per heavy atom. The van der Waals surface area contributed by atoms with Crippen LogP contribution < -0.4 is 5.32 Å². The zero-order valence-electron chi connectivity index (χ0n) is 18.3. The Balaban J connectivity index is 2.38. The number of carbonyl (C=O) groups is 2. The summed E-state index contributed by atoms with van der Waals surface area (Å²) in [5.74, 6) is -1.11. The van der Waals surface area contributed by atoms with Crippen LogP contribution in [0.5, 0.6) is 0 Å². The number of halogens is 2. The van der Waals surface area contributed by atoms with E-state index in [9.17, 15) is 14.0 Å². The van der Waals surface area contributed by atoms with E-state index in [1.165, 1.54) is 17.0 Å². The fourth-order valence-corrected chi connectivity index (χ4v) is 3.56. The van der Waals surface area contributed by atoms with Gasteiger partial charge in [-0.25, -0.2) is 4.39 Å². The molecule has 0 bridgehead atoms. The van der Waals surface area contributed by atoms with Crippen molar-refractivity contribution >= 4 is 23.4 Å². The van der Waals surface area contributed by atoms with E-state index in [1.54, 1.807) is 6.07 Å². The van der Waals surface area contributed by atoms with Crippen LogP contribution >= 0.6 is 11.6 Å². The van der Waals surface area contributed by atoms with Crippen molar-refractivity contribution in [3.05, 3.63) is 70.0 Å². The molecule has 0 aliphatic carbocycles. The quantitative estimate of drug-likeness (QED) is 0.665. The minimum absolute atomic E-state index is 0.143. The van der Waals surface area contributed by atoms with Crippen LogP contribution in [0.1, 0.15) is 50.8 Å². The largest absolute Gasteiger partial charge is 0.350 e. The first-order chi connectivity index (χ1) is 14.0. The van der Waals surface area contributed by atoms with Gasteiger partial charge in [0.05, 0.1) is 6.42 Å². The molecule has 0 spiro atoms. The molecule has 0 fully saturated rings. The lowest BCUT2D eigenvalue weighted by atomic mass is 10.0. The van der Waals surface area contributed by atoms with E-state index in [4.69, 9.17) is 11.6 Å². The molecule has 0 aliphatic rings. The summed E-state index contributed by atoms with van der Waals surface area (Å²) >= 11 is 6.13. The molecule has 0 aliphatic heterocycles. The molecule has 0 saturated heterocycles. The summed E-state index contributed by atoms with van der Waals surface area (Å²) in [6.45, 7) is 9.76. The topological polar surface area (TPSA) is 49.4 Å².